The normalized spacial score (nSPS) is 9.95. The Morgan fingerprint density at radius 2 is 2.11 bits per heavy atom. The first-order valence-corrected chi connectivity index (χ1v) is 5.65. The van der Waals surface area contributed by atoms with Crippen LogP contribution in [0, 0.1) is 0 Å². The second-order valence-electron chi connectivity index (χ2n) is 3.79. The van der Waals surface area contributed by atoms with Gasteiger partial charge in [0.2, 0.25) is 5.91 Å². The Kier molecular flexibility index (Phi) is 3.92. The first-order chi connectivity index (χ1) is 9.20. The van der Waals surface area contributed by atoms with Gasteiger partial charge < -0.3 is 10.1 Å². The Morgan fingerprint density at radius 3 is 2.79 bits per heavy atom. The number of methoxy groups -OCH3 is 1. The van der Waals surface area contributed by atoms with Crippen LogP contribution in [-0.4, -0.2) is 28.8 Å². The maximum atomic E-state index is 11.8. The molecule has 0 aliphatic carbocycles. The topological polar surface area (TPSA) is 73.2 Å². The first-order valence-electron chi connectivity index (χ1n) is 5.65. The smallest absolute Gasteiger partial charge is 0.339 e. The molecule has 2 aromatic rings. The lowest BCUT2D eigenvalue weighted by Gasteiger charge is -2.09. The molecule has 98 valence electrons. The van der Waals surface area contributed by atoms with Crippen molar-refractivity contribution in [2.75, 3.05) is 12.4 Å². The van der Waals surface area contributed by atoms with Gasteiger partial charge in [0.25, 0.3) is 0 Å². The summed E-state index contributed by atoms with van der Waals surface area (Å²) in [5.74, 6) is -0.755. The van der Waals surface area contributed by atoms with Gasteiger partial charge in [-0.1, -0.05) is 12.1 Å². The Labute approximate surface area is 110 Å². The number of ether oxygens (including phenoxy) is 1. The number of carbonyl (C=O) groups is 2. The molecule has 0 bridgehead atoms. The van der Waals surface area contributed by atoms with Crippen LogP contribution in [0.15, 0.2) is 42.7 Å². The standard InChI is InChI=1S/C13H13N3O3/c1-19-13(18)10-5-2-3-6-11(10)15-12(17)9-16-8-4-7-14-16/h2-8H,9H2,1H3,(H,15,17). The van der Waals surface area contributed by atoms with E-state index in [0.29, 0.717) is 11.3 Å². The number of hydrogen-bond donors (Lipinski definition) is 1. The molecular weight excluding hydrogens is 246 g/mol. The van der Waals surface area contributed by atoms with E-state index in [1.807, 2.05) is 0 Å². The van der Waals surface area contributed by atoms with E-state index in [-0.39, 0.29) is 12.5 Å². The van der Waals surface area contributed by atoms with E-state index in [1.165, 1.54) is 11.8 Å². The van der Waals surface area contributed by atoms with Gasteiger partial charge in [-0.2, -0.15) is 5.10 Å². The fourth-order valence-electron chi connectivity index (χ4n) is 1.61. The van der Waals surface area contributed by atoms with Crippen molar-refractivity contribution >= 4 is 17.6 Å². The van der Waals surface area contributed by atoms with E-state index in [2.05, 4.69) is 15.2 Å². The molecule has 0 radical (unpaired) electrons. The average molecular weight is 259 g/mol. The summed E-state index contributed by atoms with van der Waals surface area (Å²) in [4.78, 5) is 23.4. The summed E-state index contributed by atoms with van der Waals surface area (Å²) in [7, 11) is 1.30. The van der Waals surface area contributed by atoms with E-state index in [1.54, 1.807) is 42.7 Å². The molecule has 6 nitrogen and oxygen atoms in total. The second kappa shape index (κ2) is 5.81. The molecule has 1 heterocycles. The summed E-state index contributed by atoms with van der Waals surface area (Å²) in [5.41, 5.74) is 0.741. The van der Waals surface area contributed by atoms with Crippen molar-refractivity contribution in [1.29, 1.82) is 0 Å². The zero-order valence-electron chi connectivity index (χ0n) is 10.4. The fourth-order valence-corrected chi connectivity index (χ4v) is 1.61. The van der Waals surface area contributed by atoms with Crippen molar-refractivity contribution in [3.05, 3.63) is 48.3 Å². The predicted molar refractivity (Wildman–Crippen MR) is 68.6 cm³/mol. The lowest BCUT2D eigenvalue weighted by molar-refractivity contribution is -0.116. The molecule has 1 aromatic heterocycles. The number of carbonyl (C=O) groups excluding carboxylic acids is 2. The van der Waals surface area contributed by atoms with Gasteiger partial charge in [-0.25, -0.2) is 4.79 Å². The van der Waals surface area contributed by atoms with Crippen molar-refractivity contribution in [2.45, 2.75) is 6.54 Å². The average Bonchev–Trinajstić information content (AvgIpc) is 2.91. The minimum atomic E-state index is -0.491. The molecule has 0 spiro atoms. The number of nitrogens with one attached hydrogen (secondary N) is 1. The molecule has 1 N–H and O–H groups in total. The van der Waals surface area contributed by atoms with E-state index >= 15 is 0 Å². The first kappa shape index (κ1) is 12.8. The number of amides is 1. The minimum Gasteiger partial charge on any atom is -0.465 e. The minimum absolute atomic E-state index is 0.0858. The van der Waals surface area contributed by atoms with Crippen molar-refractivity contribution < 1.29 is 14.3 Å². The summed E-state index contributed by atoms with van der Waals surface area (Å²) in [6.07, 6.45) is 3.28. The van der Waals surface area contributed by atoms with Gasteiger partial charge in [0.1, 0.15) is 6.54 Å². The molecule has 0 aliphatic heterocycles. The molecule has 0 fully saturated rings. The van der Waals surface area contributed by atoms with Gasteiger partial charge in [0.05, 0.1) is 18.4 Å². The summed E-state index contributed by atoms with van der Waals surface area (Å²) >= 11 is 0. The van der Waals surface area contributed by atoms with Crippen LogP contribution < -0.4 is 5.32 Å². The van der Waals surface area contributed by atoms with Crippen LogP contribution in [0.1, 0.15) is 10.4 Å². The van der Waals surface area contributed by atoms with Crippen LogP contribution in [0.5, 0.6) is 0 Å². The van der Waals surface area contributed by atoms with Crippen LogP contribution in [-0.2, 0) is 16.1 Å². The van der Waals surface area contributed by atoms with Crippen molar-refractivity contribution in [1.82, 2.24) is 9.78 Å². The highest BCUT2D eigenvalue weighted by Crippen LogP contribution is 2.15. The largest absolute Gasteiger partial charge is 0.465 e. The summed E-state index contributed by atoms with van der Waals surface area (Å²) in [6, 6.07) is 8.41. The van der Waals surface area contributed by atoms with E-state index in [4.69, 9.17) is 0 Å². The van der Waals surface area contributed by atoms with Gasteiger partial charge >= 0.3 is 5.97 Å². The van der Waals surface area contributed by atoms with Gasteiger partial charge in [0.15, 0.2) is 0 Å². The van der Waals surface area contributed by atoms with E-state index in [0.717, 1.165) is 0 Å². The van der Waals surface area contributed by atoms with E-state index in [9.17, 15) is 9.59 Å². The molecule has 1 aromatic carbocycles. The Balaban J connectivity index is 2.10. The number of anilines is 1. The number of benzene rings is 1. The maximum absolute atomic E-state index is 11.8. The Hall–Kier alpha value is -2.63. The monoisotopic (exact) mass is 259 g/mol. The number of rotatable bonds is 4. The van der Waals surface area contributed by atoms with Crippen LogP contribution in [0.2, 0.25) is 0 Å². The Bertz CT molecular complexity index is 579. The number of hydrogen-bond acceptors (Lipinski definition) is 4. The second-order valence-corrected chi connectivity index (χ2v) is 3.79. The number of esters is 1. The zero-order valence-corrected chi connectivity index (χ0v) is 10.4. The summed E-state index contributed by atoms with van der Waals surface area (Å²) in [5, 5.41) is 6.60. The highest BCUT2D eigenvalue weighted by atomic mass is 16.5. The highest BCUT2D eigenvalue weighted by Gasteiger charge is 2.13. The quantitative estimate of drug-likeness (QED) is 0.840. The molecule has 0 aliphatic rings. The van der Waals surface area contributed by atoms with Crippen LogP contribution in [0.25, 0.3) is 0 Å². The molecular formula is C13H13N3O3. The molecule has 1 amide bonds. The molecule has 2 rings (SSSR count). The van der Waals surface area contributed by atoms with Crippen LogP contribution >= 0.6 is 0 Å². The Morgan fingerprint density at radius 1 is 1.32 bits per heavy atom. The van der Waals surface area contributed by atoms with Gasteiger partial charge in [-0.3, -0.25) is 9.48 Å². The zero-order chi connectivity index (χ0) is 13.7. The third-order valence-electron chi connectivity index (χ3n) is 2.47. The summed E-state index contributed by atoms with van der Waals surface area (Å²) in [6.45, 7) is 0.0858. The van der Waals surface area contributed by atoms with Crippen molar-refractivity contribution in [3.63, 3.8) is 0 Å². The molecule has 0 atom stereocenters. The molecule has 6 heteroatoms. The molecule has 19 heavy (non-hydrogen) atoms. The van der Waals surface area contributed by atoms with Crippen LogP contribution in [0.3, 0.4) is 0 Å². The van der Waals surface area contributed by atoms with Gasteiger partial charge in [-0.15, -0.1) is 0 Å². The fraction of sp³-hybridized carbons (Fsp3) is 0.154. The highest BCUT2D eigenvalue weighted by molar-refractivity contribution is 6.01. The maximum Gasteiger partial charge on any atom is 0.339 e. The third-order valence-corrected chi connectivity index (χ3v) is 2.47. The number of nitrogens with zero attached hydrogens (tertiary/aromatic N) is 2. The van der Waals surface area contributed by atoms with Crippen LogP contribution in [0.4, 0.5) is 5.69 Å². The van der Waals surface area contributed by atoms with Gasteiger partial charge in [0, 0.05) is 12.4 Å². The number of aromatic nitrogens is 2. The number of para-hydroxylation sites is 1. The van der Waals surface area contributed by atoms with Crippen molar-refractivity contribution in [3.8, 4) is 0 Å². The SMILES string of the molecule is COC(=O)c1ccccc1NC(=O)Cn1cccn1. The van der Waals surface area contributed by atoms with Gasteiger partial charge in [-0.05, 0) is 18.2 Å². The third kappa shape index (κ3) is 3.19. The lowest BCUT2D eigenvalue weighted by Crippen LogP contribution is -2.20. The van der Waals surface area contributed by atoms with Crippen molar-refractivity contribution in [2.24, 2.45) is 0 Å². The van der Waals surface area contributed by atoms with E-state index < -0.39 is 5.97 Å². The molecule has 0 saturated heterocycles. The molecule has 0 unspecified atom stereocenters. The lowest BCUT2D eigenvalue weighted by atomic mass is 10.2. The predicted octanol–water partition coefficient (Wildman–Crippen LogP) is 1.31. The molecule has 0 saturated carbocycles. The summed E-state index contributed by atoms with van der Waals surface area (Å²) < 4.78 is 6.15.